The summed E-state index contributed by atoms with van der Waals surface area (Å²) in [5, 5.41) is 3.67. The van der Waals surface area contributed by atoms with E-state index in [0.29, 0.717) is 6.04 Å². The molecule has 1 saturated heterocycles. The van der Waals surface area contributed by atoms with Crippen LogP contribution in [0.25, 0.3) is 0 Å². The minimum absolute atomic E-state index is 0.715. The lowest BCUT2D eigenvalue weighted by molar-refractivity contribution is 0.191. The number of likely N-dealkylation sites (N-methyl/N-ethyl adjacent to an activating group) is 1. The van der Waals surface area contributed by atoms with E-state index in [1.54, 1.807) is 0 Å². The molecule has 2 atom stereocenters. The maximum Gasteiger partial charge on any atom is 0.0197 e. The van der Waals surface area contributed by atoms with Gasteiger partial charge in [0.05, 0.1) is 0 Å². The monoisotopic (exact) mass is 241 g/mol. The first-order valence-electron chi connectivity index (χ1n) is 7.22. The Hall–Kier alpha value is -0.120. The predicted molar refractivity (Wildman–Crippen MR) is 75.5 cm³/mol. The minimum atomic E-state index is 0.715. The van der Waals surface area contributed by atoms with Gasteiger partial charge in [-0.1, -0.05) is 13.8 Å². The van der Waals surface area contributed by atoms with Gasteiger partial charge in [0.15, 0.2) is 0 Å². The Morgan fingerprint density at radius 1 is 1.18 bits per heavy atom. The van der Waals surface area contributed by atoms with E-state index in [2.05, 4.69) is 43.1 Å². The van der Waals surface area contributed by atoms with Crippen LogP contribution < -0.4 is 5.32 Å². The molecule has 0 aliphatic carbocycles. The van der Waals surface area contributed by atoms with Crippen molar-refractivity contribution in [3.05, 3.63) is 0 Å². The van der Waals surface area contributed by atoms with E-state index in [4.69, 9.17) is 0 Å². The molecule has 2 unspecified atom stereocenters. The van der Waals surface area contributed by atoms with Crippen LogP contribution in [0, 0.1) is 5.92 Å². The third-order valence-electron chi connectivity index (χ3n) is 3.64. The Morgan fingerprint density at radius 3 is 2.53 bits per heavy atom. The normalized spacial score (nSPS) is 25.8. The molecule has 3 nitrogen and oxygen atoms in total. The quantitative estimate of drug-likeness (QED) is 0.731. The highest BCUT2D eigenvalue weighted by Crippen LogP contribution is 2.15. The van der Waals surface area contributed by atoms with Gasteiger partial charge in [-0.2, -0.15) is 0 Å². The largest absolute Gasteiger partial charge is 0.313 e. The van der Waals surface area contributed by atoms with Crippen LogP contribution in [0.4, 0.5) is 0 Å². The fourth-order valence-electron chi connectivity index (χ4n) is 2.62. The van der Waals surface area contributed by atoms with Crippen molar-refractivity contribution in [2.24, 2.45) is 5.92 Å². The van der Waals surface area contributed by atoms with Gasteiger partial charge in [0.25, 0.3) is 0 Å². The molecule has 0 aromatic heterocycles. The van der Waals surface area contributed by atoms with Gasteiger partial charge in [-0.3, -0.25) is 0 Å². The van der Waals surface area contributed by atoms with Gasteiger partial charge < -0.3 is 15.1 Å². The number of rotatable bonds is 7. The molecular formula is C14H31N3. The summed E-state index contributed by atoms with van der Waals surface area (Å²) in [5.74, 6) is 0.901. The van der Waals surface area contributed by atoms with Crippen LogP contribution in [0.5, 0.6) is 0 Å². The van der Waals surface area contributed by atoms with E-state index in [-0.39, 0.29) is 0 Å². The number of nitrogens with one attached hydrogen (secondary N) is 1. The smallest absolute Gasteiger partial charge is 0.0197 e. The second kappa shape index (κ2) is 8.06. The highest BCUT2D eigenvalue weighted by atomic mass is 15.2. The minimum Gasteiger partial charge on any atom is -0.313 e. The number of hydrogen-bond donors (Lipinski definition) is 1. The van der Waals surface area contributed by atoms with E-state index in [1.807, 2.05) is 0 Å². The summed E-state index contributed by atoms with van der Waals surface area (Å²) in [6.45, 7) is 10.7. The SMILES string of the molecule is CCCN(CCN(C)C)CC1CC(C)CCN1. The molecule has 1 fully saturated rings. The highest BCUT2D eigenvalue weighted by Gasteiger charge is 2.20. The van der Waals surface area contributed by atoms with E-state index in [9.17, 15) is 0 Å². The lowest BCUT2D eigenvalue weighted by Gasteiger charge is -2.33. The van der Waals surface area contributed by atoms with E-state index < -0.39 is 0 Å². The summed E-state index contributed by atoms with van der Waals surface area (Å²) < 4.78 is 0. The van der Waals surface area contributed by atoms with Crippen LogP contribution in [-0.4, -0.2) is 62.7 Å². The van der Waals surface area contributed by atoms with Crippen molar-refractivity contribution in [3.8, 4) is 0 Å². The van der Waals surface area contributed by atoms with Gasteiger partial charge in [0.1, 0.15) is 0 Å². The Balaban J connectivity index is 2.31. The molecule has 1 aliphatic heterocycles. The Bertz CT molecular complexity index is 194. The van der Waals surface area contributed by atoms with Crippen molar-refractivity contribution >= 4 is 0 Å². The molecule has 0 spiro atoms. The Kier molecular flexibility index (Phi) is 7.09. The molecular weight excluding hydrogens is 210 g/mol. The first kappa shape index (κ1) is 14.9. The maximum absolute atomic E-state index is 3.67. The van der Waals surface area contributed by atoms with Crippen LogP contribution in [0.3, 0.4) is 0 Å². The second-order valence-electron chi connectivity index (χ2n) is 5.88. The summed E-state index contributed by atoms with van der Waals surface area (Å²) in [6, 6.07) is 0.715. The third kappa shape index (κ3) is 6.39. The van der Waals surface area contributed by atoms with Gasteiger partial charge in [0.2, 0.25) is 0 Å². The van der Waals surface area contributed by atoms with Gasteiger partial charge >= 0.3 is 0 Å². The van der Waals surface area contributed by atoms with Gasteiger partial charge in [0, 0.05) is 25.7 Å². The average Bonchev–Trinajstić information content (AvgIpc) is 2.26. The molecule has 0 radical (unpaired) electrons. The van der Waals surface area contributed by atoms with Crippen LogP contribution >= 0.6 is 0 Å². The van der Waals surface area contributed by atoms with Crippen molar-refractivity contribution in [2.45, 2.75) is 39.2 Å². The highest BCUT2D eigenvalue weighted by molar-refractivity contribution is 4.79. The van der Waals surface area contributed by atoms with Crippen LogP contribution in [0.15, 0.2) is 0 Å². The van der Waals surface area contributed by atoms with Crippen molar-refractivity contribution in [3.63, 3.8) is 0 Å². The summed E-state index contributed by atoms with van der Waals surface area (Å²) in [5.41, 5.74) is 0. The molecule has 0 saturated carbocycles. The van der Waals surface area contributed by atoms with Crippen molar-refractivity contribution in [2.75, 3.05) is 46.8 Å². The standard InChI is InChI=1S/C14H31N3/c1-5-8-17(10-9-16(3)4)12-14-11-13(2)6-7-15-14/h13-15H,5-12H2,1-4H3. The fraction of sp³-hybridized carbons (Fsp3) is 1.00. The van der Waals surface area contributed by atoms with Crippen LogP contribution in [0.1, 0.15) is 33.1 Å². The molecule has 1 heterocycles. The second-order valence-corrected chi connectivity index (χ2v) is 5.88. The van der Waals surface area contributed by atoms with Crippen LogP contribution in [0.2, 0.25) is 0 Å². The number of hydrogen-bond acceptors (Lipinski definition) is 3. The molecule has 3 heteroatoms. The molecule has 1 rings (SSSR count). The lowest BCUT2D eigenvalue weighted by Crippen LogP contribution is -2.47. The average molecular weight is 241 g/mol. The summed E-state index contributed by atoms with van der Waals surface area (Å²) in [7, 11) is 4.32. The summed E-state index contributed by atoms with van der Waals surface area (Å²) >= 11 is 0. The summed E-state index contributed by atoms with van der Waals surface area (Å²) in [4.78, 5) is 4.90. The molecule has 102 valence electrons. The van der Waals surface area contributed by atoms with Crippen molar-refractivity contribution in [1.29, 1.82) is 0 Å². The zero-order chi connectivity index (χ0) is 12.7. The number of piperidine rings is 1. The lowest BCUT2D eigenvalue weighted by atomic mass is 9.94. The van der Waals surface area contributed by atoms with E-state index in [0.717, 1.165) is 5.92 Å². The predicted octanol–water partition coefficient (Wildman–Crippen LogP) is 1.65. The Morgan fingerprint density at radius 2 is 1.94 bits per heavy atom. The molecule has 0 aromatic carbocycles. The van der Waals surface area contributed by atoms with E-state index in [1.165, 1.54) is 52.0 Å². The van der Waals surface area contributed by atoms with Crippen molar-refractivity contribution < 1.29 is 0 Å². The van der Waals surface area contributed by atoms with Gasteiger partial charge in [-0.15, -0.1) is 0 Å². The summed E-state index contributed by atoms with van der Waals surface area (Å²) in [6.07, 6.45) is 3.96. The van der Waals surface area contributed by atoms with Crippen molar-refractivity contribution in [1.82, 2.24) is 15.1 Å². The third-order valence-corrected chi connectivity index (χ3v) is 3.64. The van der Waals surface area contributed by atoms with E-state index >= 15 is 0 Å². The fourth-order valence-corrected chi connectivity index (χ4v) is 2.62. The van der Waals surface area contributed by atoms with Gasteiger partial charge in [-0.25, -0.2) is 0 Å². The molecule has 1 N–H and O–H groups in total. The first-order valence-corrected chi connectivity index (χ1v) is 7.22. The first-order chi connectivity index (χ1) is 8.11. The zero-order valence-electron chi connectivity index (χ0n) is 12.2. The topological polar surface area (TPSA) is 18.5 Å². The molecule has 0 bridgehead atoms. The molecule has 0 aromatic rings. The Labute approximate surface area is 108 Å². The maximum atomic E-state index is 3.67. The molecule has 17 heavy (non-hydrogen) atoms. The molecule has 1 aliphatic rings. The van der Waals surface area contributed by atoms with Crippen LogP contribution in [-0.2, 0) is 0 Å². The molecule has 0 amide bonds. The zero-order valence-corrected chi connectivity index (χ0v) is 12.2. The van der Waals surface area contributed by atoms with Gasteiger partial charge in [-0.05, 0) is 52.4 Å². The number of nitrogens with zero attached hydrogens (tertiary/aromatic N) is 2.